The Balaban J connectivity index is 0.00000320. The van der Waals surface area contributed by atoms with Gasteiger partial charge >= 0.3 is 0 Å². The van der Waals surface area contributed by atoms with Gasteiger partial charge in [-0.3, -0.25) is 9.79 Å². The lowest BCUT2D eigenvalue weighted by atomic mass is 10.1. The van der Waals surface area contributed by atoms with Crippen LogP contribution in [0.1, 0.15) is 18.4 Å². The molecular weight excluding hydrogens is 519 g/mol. The summed E-state index contributed by atoms with van der Waals surface area (Å²) in [4.78, 5) is 16.0. The Labute approximate surface area is 198 Å². The van der Waals surface area contributed by atoms with Crippen molar-refractivity contribution in [2.75, 3.05) is 25.6 Å². The highest BCUT2D eigenvalue weighted by atomic mass is 127. The van der Waals surface area contributed by atoms with E-state index in [9.17, 15) is 4.79 Å². The standard InChI is InChI=1S/C21H25ClN4O3.HI/c1-28-19-9-6-16(12-18(19)22)26-21(23)24-11-10-14-2-7-17(8-3-14)29-13-20(27)25-15-4-5-15;/h2-3,6-9,12,15H,4-5,10-11,13H2,1H3,(H,25,27)(H3,23,24,26);1H. The molecule has 7 nitrogen and oxygen atoms in total. The van der Waals surface area contributed by atoms with E-state index in [1.54, 1.807) is 19.2 Å². The van der Waals surface area contributed by atoms with Crippen LogP contribution >= 0.6 is 35.6 Å². The molecule has 0 spiro atoms. The fraction of sp³-hybridized carbons (Fsp3) is 0.333. The first-order chi connectivity index (χ1) is 14.0. The normalized spacial score (nSPS) is 13.2. The molecule has 2 aromatic carbocycles. The lowest BCUT2D eigenvalue weighted by Crippen LogP contribution is -2.30. The number of guanidine groups is 1. The van der Waals surface area contributed by atoms with Gasteiger partial charge < -0.3 is 25.8 Å². The van der Waals surface area contributed by atoms with Crippen LogP contribution in [0.15, 0.2) is 47.5 Å². The Bertz CT molecular complexity index is 873. The third-order valence-corrected chi connectivity index (χ3v) is 4.64. The molecule has 0 aliphatic heterocycles. The van der Waals surface area contributed by atoms with Crippen molar-refractivity contribution in [2.45, 2.75) is 25.3 Å². The highest BCUT2D eigenvalue weighted by molar-refractivity contribution is 14.0. The molecule has 4 N–H and O–H groups in total. The average Bonchev–Trinajstić information content (AvgIpc) is 3.51. The van der Waals surface area contributed by atoms with Gasteiger partial charge in [-0.15, -0.1) is 24.0 Å². The smallest absolute Gasteiger partial charge is 0.258 e. The van der Waals surface area contributed by atoms with Gasteiger partial charge in [0.25, 0.3) is 5.91 Å². The third-order valence-electron chi connectivity index (χ3n) is 4.34. The number of carbonyl (C=O) groups is 1. The summed E-state index contributed by atoms with van der Waals surface area (Å²) in [6, 6.07) is 13.3. The molecule has 1 amide bonds. The number of halogens is 2. The van der Waals surface area contributed by atoms with Crippen LogP contribution in [0.3, 0.4) is 0 Å². The lowest BCUT2D eigenvalue weighted by Gasteiger charge is -2.09. The van der Waals surface area contributed by atoms with Crippen LogP contribution in [0.25, 0.3) is 0 Å². The van der Waals surface area contributed by atoms with Crippen molar-refractivity contribution < 1.29 is 14.3 Å². The topological polar surface area (TPSA) is 98.0 Å². The number of nitrogens with two attached hydrogens (primary N) is 1. The predicted octanol–water partition coefficient (Wildman–Crippen LogP) is 3.59. The molecule has 0 atom stereocenters. The van der Waals surface area contributed by atoms with Crippen LogP contribution < -0.4 is 25.8 Å². The number of carbonyl (C=O) groups excluding carboxylic acids is 1. The van der Waals surface area contributed by atoms with Crippen LogP contribution in [0, 0.1) is 0 Å². The summed E-state index contributed by atoms with van der Waals surface area (Å²) in [5, 5.41) is 6.39. The number of hydrogen-bond donors (Lipinski definition) is 3. The first kappa shape index (κ1) is 24.1. The maximum Gasteiger partial charge on any atom is 0.258 e. The zero-order valence-corrected chi connectivity index (χ0v) is 19.8. The van der Waals surface area contributed by atoms with E-state index in [4.69, 9.17) is 26.8 Å². The number of amides is 1. The van der Waals surface area contributed by atoms with E-state index in [0.29, 0.717) is 35.1 Å². The molecule has 30 heavy (non-hydrogen) atoms. The molecule has 1 saturated carbocycles. The van der Waals surface area contributed by atoms with Gasteiger partial charge in [0.1, 0.15) is 11.5 Å². The summed E-state index contributed by atoms with van der Waals surface area (Å²) in [7, 11) is 1.56. The van der Waals surface area contributed by atoms with Crippen molar-refractivity contribution in [1.82, 2.24) is 5.32 Å². The van der Waals surface area contributed by atoms with Gasteiger partial charge in [0, 0.05) is 18.3 Å². The van der Waals surface area contributed by atoms with Gasteiger partial charge in [-0.05, 0) is 55.2 Å². The second-order valence-electron chi connectivity index (χ2n) is 6.77. The number of methoxy groups -OCH3 is 1. The maximum absolute atomic E-state index is 11.6. The molecule has 9 heteroatoms. The Hall–Kier alpha value is -2.20. The first-order valence-corrected chi connectivity index (χ1v) is 9.83. The maximum atomic E-state index is 11.6. The largest absolute Gasteiger partial charge is 0.495 e. The summed E-state index contributed by atoms with van der Waals surface area (Å²) < 4.78 is 10.6. The fourth-order valence-electron chi connectivity index (χ4n) is 2.64. The molecule has 162 valence electrons. The molecule has 0 bridgehead atoms. The number of benzene rings is 2. The monoisotopic (exact) mass is 544 g/mol. The molecule has 0 unspecified atom stereocenters. The molecule has 1 aliphatic carbocycles. The number of nitrogens with zero attached hydrogens (tertiary/aromatic N) is 1. The third kappa shape index (κ3) is 7.91. The predicted molar refractivity (Wildman–Crippen MR) is 130 cm³/mol. The van der Waals surface area contributed by atoms with Gasteiger partial charge in [-0.1, -0.05) is 23.7 Å². The van der Waals surface area contributed by atoms with Crippen LogP contribution in [-0.2, 0) is 11.2 Å². The Morgan fingerprint density at radius 1 is 1.23 bits per heavy atom. The summed E-state index contributed by atoms with van der Waals surface area (Å²) in [5.41, 5.74) is 7.77. The zero-order chi connectivity index (χ0) is 20.6. The summed E-state index contributed by atoms with van der Waals surface area (Å²) in [6.07, 6.45) is 2.86. The van der Waals surface area contributed by atoms with Crippen LogP contribution in [0.5, 0.6) is 11.5 Å². The number of hydrogen-bond acceptors (Lipinski definition) is 4. The molecule has 0 radical (unpaired) electrons. The minimum atomic E-state index is -0.0768. The van der Waals surface area contributed by atoms with Gasteiger partial charge in [-0.25, -0.2) is 0 Å². The second-order valence-corrected chi connectivity index (χ2v) is 7.17. The number of ether oxygens (including phenoxy) is 2. The highest BCUT2D eigenvalue weighted by Crippen LogP contribution is 2.27. The molecule has 3 rings (SSSR count). The number of rotatable bonds is 9. The van der Waals surface area contributed by atoms with E-state index >= 15 is 0 Å². The first-order valence-electron chi connectivity index (χ1n) is 9.45. The van der Waals surface area contributed by atoms with E-state index < -0.39 is 0 Å². The quantitative estimate of drug-likeness (QED) is 0.255. The fourth-order valence-corrected chi connectivity index (χ4v) is 2.89. The molecule has 0 aromatic heterocycles. The minimum absolute atomic E-state index is 0. The lowest BCUT2D eigenvalue weighted by molar-refractivity contribution is -0.123. The number of aliphatic imine (C=N–C) groups is 1. The van der Waals surface area contributed by atoms with Crippen molar-refractivity contribution in [2.24, 2.45) is 10.7 Å². The highest BCUT2D eigenvalue weighted by Gasteiger charge is 2.23. The molecule has 1 fully saturated rings. The van der Waals surface area contributed by atoms with Gasteiger partial charge in [0.05, 0.1) is 12.1 Å². The second kappa shape index (κ2) is 11.8. The van der Waals surface area contributed by atoms with Crippen molar-refractivity contribution in [1.29, 1.82) is 0 Å². The Kier molecular flexibility index (Phi) is 9.51. The molecule has 0 heterocycles. The number of anilines is 1. The minimum Gasteiger partial charge on any atom is -0.495 e. The summed E-state index contributed by atoms with van der Waals surface area (Å²) >= 11 is 6.10. The van der Waals surface area contributed by atoms with Crippen molar-refractivity contribution in [3.05, 3.63) is 53.1 Å². The van der Waals surface area contributed by atoms with E-state index in [1.807, 2.05) is 30.3 Å². The van der Waals surface area contributed by atoms with Crippen molar-refractivity contribution >= 4 is 53.1 Å². The van der Waals surface area contributed by atoms with Crippen LogP contribution in [-0.4, -0.2) is 38.2 Å². The summed E-state index contributed by atoms with van der Waals surface area (Å²) in [5.74, 6) is 1.50. The van der Waals surface area contributed by atoms with Gasteiger partial charge in [0.2, 0.25) is 0 Å². The Morgan fingerprint density at radius 2 is 1.97 bits per heavy atom. The van der Waals surface area contributed by atoms with E-state index in [0.717, 1.165) is 30.5 Å². The average molecular weight is 545 g/mol. The SMILES string of the molecule is COc1ccc(NC(N)=NCCc2ccc(OCC(=O)NC3CC3)cc2)cc1Cl.I. The molecule has 0 saturated heterocycles. The molecule has 1 aliphatic rings. The van der Waals surface area contributed by atoms with Crippen LogP contribution in [0.4, 0.5) is 5.69 Å². The van der Waals surface area contributed by atoms with E-state index in [-0.39, 0.29) is 36.5 Å². The van der Waals surface area contributed by atoms with Crippen molar-refractivity contribution in [3.8, 4) is 11.5 Å². The van der Waals surface area contributed by atoms with E-state index in [2.05, 4.69) is 15.6 Å². The van der Waals surface area contributed by atoms with Crippen molar-refractivity contribution in [3.63, 3.8) is 0 Å². The number of nitrogens with one attached hydrogen (secondary N) is 2. The zero-order valence-electron chi connectivity index (χ0n) is 16.7. The summed E-state index contributed by atoms with van der Waals surface area (Å²) in [6.45, 7) is 0.574. The Morgan fingerprint density at radius 3 is 2.60 bits per heavy atom. The van der Waals surface area contributed by atoms with Gasteiger partial charge in [-0.2, -0.15) is 0 Å². The van der Waals surface area contributed by atoms with Gasteiger partial charge in [0.15, 0.2) is 12.6 Å². The van der Waals surface area contributed by atoms with Crippen LogP contribution in [0.2, 0.25) is 5.02 Å². The van der Waals surface area contributed by atoms with E-state index in [1.165, 1.54) is 0 Å². The molecular formula is C21H26ClIN4O3. The molecule has 2 aromatic rings.